The van der Waals surface area contributed by atoms with Crippen LogP contribution in [-0.4, -0.2) is 35.9 Å². The molecule has 0 amide bonds. The molecule has 0 aromatic heterocycles. The van der Waals surface area contributed by atoms with Gasteiger partial charge in [-0.1, -0.05) is 0 Å². The smallest absolute Gasteiger partial charge is 0.328 e. The molecule has 0 aliphatic rings. The van der Waals surface area contributed by atoms with Crippen molar-refractivity contribution in [2.45, 2.75) is 13.8 Å². The number of hydrogen-bond acceptors (Lipinski definition) is 4. The molecule has 0 radical (unpaired) electrons. The van der Waals surface area contributed by atoms with Crippen molar-refractivity contribution in [3.63, 3.8) is 0 Å². The third-order valence-electron chi connectivity index (χ3n) is 2.79. The largest absolute Gasteiger partial charge is 0.497 e. The van der Waals surface area contributed by atoms with E-state index in [4.69, 9.17) is 19.7 Å². The summed E-state index contributed by atoms with van der Waals surface area (Å²) >= 11 is 0. The highest BCUT2D eigenvalue weighted by Gasteiger charge is 2.28. The predicted octanol–water partition coefficient (Wildman–Crippen LogP) is 2.28. The van der Waals surface area contributed by atoms with Crippen molar-refractivity contribution in [1.82, 2.24) is 0 Å². The van der Waals surface area contributed by atoms with E-state index < -0.39 is 17.4 Å². The van der Waals surface area contributed by atoms with Crippen LogP contribution in [0.2, 0.25) is 0 Å². The normalized spacial score (nSPS) is 11.4. The van der Waals surface area contributed by atoms with Crippen LogP contribution in [0, 0.1) is 5.41 Å². The maximum absolute atomic E-state index is 11.1. The zero-order chi connectivity index (χ0) is 16.0. The first-order valence-corrected chi connectivity index (χ1v) is 6.21. The van der Waals surface area contributed by atoms with E-state index in [9.17, 15) is 9.59 Å². The van der Waals surface area contributed by atoms with Crippen molar-refractivity contribution in [2.24, 2.45) is 5.41 Å². The number of carbonyl (C=O) groups is 2. The quantitative estimate of drug-likeness (QED) is 0.749. The van der Waals surface area contributed by atoms with Crippen LogP contribution in [0.5, 0.6) is 11.5 Å². The molecule has 6 heteroatoms. The summed E-state index contributed by atoms with van der Waals surface area (Å²) < 4.78 is 10.6. The molecule has 1 aromatic rings. The molecule has 0 fully saturated rings. The topological polar surface area (TPSA) is 93.1 Å². The molecular formula is C15H18O6. The minimum Gasteiger partial charge on any atom is -0.497 e. The van der Waals surface area contributed by atoms with Crippen LogP contribution in [0.1, 0.15) is 19.4 Å². The van der Waals surface area contributed by atoms with Gasteiger partial charge in [-0.3, -0.25) is 4.79 Å². The van der Waals surface area contributed by atoms with Crippen LogP contribution in [0.15, 0.2) is 24.3 Å². The average molecular weight is 294 g/mol. The van der Waals surface area contributed by atoms with Crippen molar-refractivity contribution in [3.05, 3.63) is 29.8 Å². The van der Waals surface area contributed by atoms with E-state index in [0.717, 1.165) is 6.08 Å². The van der Waals surface area contributed by atoms with Gasteiger partial charge in [-0.15, -0.1) is 0 Å². The number of hydrogen-bond donors (Lipinski definition) is 2. The molecule has 1 rings (SSSR count). The fourth-order valence-corrected chi connectivity index (χ4v) is 1.39. The van der Waals surface area contributed by atoms with E-state index in [0.29, 0.717) is 17.1 Å². The van der Waals surface area contributed by atoms with Gasteiger partial charge in [0.05, 0.1) is 12.5 Å². The lowest BCUT2D eigenvalue weighted by molar-refractivity contribution is -0.148. The Morgan fingerprint density at radius 2 is 1.95 bits per heavy atom. The highest BCUT2D eigenvalue weighted by Crippen LogP contribution is 2.28. The number of carboxylic acids is 2. The van der Waals surface area contributed by atoms with E-state index in [2.05, 4.69) is 0 Å². The highest BCUT2D eigenvalue weighted by molar-refractivity contribution is 5.86. The molecule has 1 aromatic carbocycles. The summed E-state index contributed by atoms with van der Waals surface area (Å²) in [5.74, 6) is -1.16. The second kappa shape index (κ2) is 6.78. The number of carboxylic acid groups (broad SMARTS) is 2. The van der Waals surface area contributed by atoms with Crippen LogP contribution in [0.25, 0.3) is 6.08 Å². The van der Waals surface area contributed by atoms with Gasteiger partial charge in [-0.25, -0.2) is 4.79 Å². The van der Waals surface area contributed by atoms with Crippen LogP contribution in [0.3, 0.4) is 0 Å². The molecule has 0 unspecified atom stereocenters. The monoisotopic (exact) mass is 294 g/mol. The average Bonchev–Trinajstić information content (AvgIpc) is 2.43. The van der Waals surface area contributed by atoms with Crippen molar-refractivity contribution >= 4 is 18.0 Å². The molecule has 0 aliphatic heterocycles. The van der Waals surface area contributed by atoms with Crippen LogP contribution < -0.4 is 9.47 Å². The molecule has 0 aliphatic carbocycles. The Labute approximate surface area is 122 Å². The lowest BCUT2D eigenvalue weighted by atomic mass is 9.95. The van der Waals surface area contributed by atoms with Crippen LogP contribution in [-0.2, 0) is 9.59 Å². The summed E-state index contributed by atoms with van der Waals surface area (Å²) in [4.78, 5) is 21.7. The minimum atomic E-state index is -1.08. The fourth-order valence-electron chi connectivity index (χ4n) is 1.39. The second-order valence-electron chi connectivity index (χ2n) is 5.05. The van der Waals surface area contributed by atoms with Crippen LogP contribution in [0.4, 0.5) is 0 Å². The molecule has 0 saturated carbocycles. The number of methoxy groups -OCH3 is 1. The molecule has 0 saturated heterocycles. The third kappa shape index (κ3) is 4.83. The Bertz CT molecular complexity index is 559. The zero-order valence-corrected chi connectivity index (χ0v) is 12.1. The Balaban J connectivity index is 3.01. The van der Waals surface area contributed by atoms with Crippen LogP contribution >= 0.6 is 0 Å². The maximum atomic E-state index is 11.1. The molecule has 114 valence electrons. The summed E-state index contributed by atoms with van der Waals surface area (Å²) in [6, 6.07) is 4.89. The van der Waals surface area contributed by atoms with Gasteiger partial charge in [0.1, 0.15) is 18.1 Å². The van der Waals surface area contributed by atoms with E-state index in [-0.39, 0.29) is 6.61 Å². The summed E-state index contributed by atoms with van der Waals surface area (Å²) in [6.07, 6.45) is 2.36. The van der Waals surface area contributed by atoms with Crippen molar-refractivity contribution in [3.8, 4) is 11.5 Å². The van der Waals surface area contributed by atoms with Gasteiger partial charge in [-0.05, 0) is 32.1 Å². The van der Waals surface area contributed by atoms with Gasteiger partial charge < -0.3 is 19.7 Å². The van der Waals surface area contributed by atoms with Crippen molar-refractivity contribution in [1.29, 1.82) is 0 Å². The number of aliphatic carboxylic acids is 2. The first-order valence-electron chi connectivity index (χ1n) is 6.21. The molecule has 6 nitrogen and oxygen atoms in total. The SMILES string of the molecule is COc1ccc(C=CC(=O)O)c(OCC(C)(C)C(=O)O)c1. The van der Waals surface area contributed by atoms with Gasteiger partial charge in [0.25, 0.3) is 0 Å². The first-order chi connectivity index (χ1) is 9.76. The van der Waals surface area contributed by atoms with E-state index in [1.807, 2.05) is 0 Å². The summed E-state index contributed by atoms with van der Waals surface area (Å²) in [7, 11) is 1.49. The number of rotatable bonds is 7. The van der Waals surface area contributed by atoms with Gasteiger partial charge in [0.2, 0.25) is 0 Å². The van der Waals surface area contributed by atoms with Gasteiger partial charge in [0.15, 0.2) is 0 Å². The second-order valence-corrected chi connectivity index (χ2v) is 5.05. The Hall–Kier alpha value is -2.50. The summed E-state index contributed by atoms with van der Waals surface area (Å²) in [5, 5.41) is 17.7. The van der Waals surface area contributed by atoms with Gasteiger partial charge >= 0.3 is 11.9 Å². The molecule has 0 spiro atoms. The summed E-state index contributed by atoms with van der Waals surface area (Å²) in [5.41, 5.74) is -0.531. The summed E-state index contributed by atoms with van der Waals surface area (Å²) in [6.45, 7) is 3.04. The third-order valence-corrected chi connectivity index (χ3v) is 2.79. The molecular weight excluding hydrogens is 276 g/mol. The van der Waals surface area contributed by atoms with Crippen molar-refractivity contribution < 1.29 is 29.3 Å². The van der Waals surface area contributed by atoms with E-state index in [1.165, 1.54) is 13.2 Å². The fraction of sp³-hybridized carbons (Fsp3) is 0.333. The van der Waals surface area contributed by atoms with Gasteiger partial charge in [0, 0.05) is 17.7 Å². The molecule has 2 N–H and O–H groups in total. The molecule has 0 heterocycles. The molecule has 21 heavy (non-hydrogen) atoms. The standard InChI is InChI=1S/C15H18O6/c1-15(2,14(18)19)9-21-12-8-11(20-3)6-4-10(12)5-7-13(16)17/h4-8H,9H2,1-3H3,(H,16,17)(H,18,19). The lowest BCUT2D eigenvalue weighted by Crippen LogP contribution is -2.30. The lowest BCUT2D eigenvalue weighted by Gasteiger charge is -2.20. The first kappa shape index (κ1) is 16.6. The van der Waals surface area contributed by atoms with E-state index >= 15 is 0 Å². The number of benzene rings is 1. The van der Waals surface area contributed by atoms with Gasteiger partial charge in [-0.2, -0.15) is 0 Å². The Morgan fingerprint density at radius 3 is 2.48 bits per heavy atom. The Morgan fingerprint density at radius 1 is 1.29 bits per heavy atom. The molecule has 0 bridgehead atoms. The molecule has 0 atom stereocenters. The Kier molecular flexibility index (Phi) is 5.35. The highest BCUT2D eigenvalue weighted by atomic mass is 16.5. The predicted molar refractivity (Wildman–Crippen MR) is 76.6 cm³/mol. The number of ether oxygens (including phenoxy) is 2. The van der Waals surface area contributed by atoms with Crippen molar-refractivity contribution in [2.75, 3.05) is 13.7 Å². The van der Waals surface area contributed by atoms with E-state index in [1.54, 1.807) is 32.0 Å². The minimum absolute atomic E-state index is 0.0522. The zero-order valence-electron chi connectivity index (χ0n) is 12.1. The maximum Gasteiger partial charge on any atom is 0.328 e.